The van der Waals surface area contributed by atoms with E-state index in [1.807, 2.05) is 49.5 Å². The number of likely N-dealkylation sites (tertiary alicyclic amines) is 1. The first-order valence-electron chi connectivity index (χ1n) is 8.85. The van der Waals surface area contributed by atoms with Crippen molar-refractivity contribution < 1.29 is 14.3 Å². The number of H-pyrrole nitrogens is 1. The topological polar surface area (TPSA) is 57.8 Å². The van der Waals surface area contributed by atoms with Gasteiger partial charge in [0.05, 0.1) is 32.0 Å². The Kier molecular flexibility index (Phi) is 4.50. The van der Waals surface area contributed by atoms with Crippen LogP contribution in [-0.4, -0.2) is 79.8 Å². The van der Waals surface area contributed by atoms with Crippen molar-refractivity contribution in [2.45, 2.75) is 12.1 Å². The molecule has 134 valence electrons. The van der Waals surface area contributed by atoms with Crippen LogP contribution in [0.5, 0.6) is 0 Å². The Labute approximate surface area is 147 Å². The molecule has 0 radical (unpaired) electrons. The van der Waals surface area contributed by atoms with Gasteiger partial charge in [0.2, 0.25) is 0 Å². The number of hydrogen-bond acceptors (Lipinski definition) is 4. The predicted molar refractivity (Wildman–Crippen MR) is 95.7 cm³/mol. The van der Waals surface area contributed by atoms with Crippen molar-refractivity contribution in [1.29, 1.82) is 0 Å². The van der Waals surface area contributed by atoms with E-state index < -0.39 is 0 Å². The fourth-order valence-electron chi connectivity index (χ4n) is 3.85. The van der Waals surface area contributed by atoms with Crippen LogP contribution < -0.4 is 0 Å². The van der Waals surface area contributed by atoms with Crippen molar-refractivity contribution >= 4 is 16.8 Å². The van der Waals surface area contributed by atoms with Gasteiger partial charge in [0.25, 0.3) is 5.91 Å². The summed E-state index contributed by atoms with van der Waals surface area (Å²) in [6, 6.07) is 7.93. The van der Waals surface area contributed by atoms with Gasteiger partial charge < -0.3 is 24.3 Å². The lowest BCUT2D eigenvalue weighted by atomic mass is 10.0. The summed E-state index contributed by atoms with van der Waals surface area (Å²) in [7, 11) is 4.07. The molecule has 0 saturated carbocycles. The maximum Gasteiger partial charge on any atom is 0.254 e. The largest absolute Gasteiger partial charge is 0.379 e. The fraction of sp³-hybridized carbons (Fsp3) is 0.526. The van der Waals surface area contributed by atoms with Crippen molar-refractivity contribution in [3.05, 3.63) is 36.0 Å². The summed E-state index contributed by atoms with van der Waals surface area (Å²) in [5, 5.41) is 1.06. The fourth-order valence-corrected chi connectivity index (χ4v) is 3.85. The number of rotatable bonds is 5. The van der Waals surface area contributed by atoms with Gasteiger partial charge in [-0.3, -0.25) is 4.79 Å². The van der Waals surface area contributed by atoms with Gasteiger partial charge in [-0.25, -0.2) is 0 Å². The first-order chi connectivity index (χ1) is 12.1. The van der Waals surface area contributed by atoms with Crippen molar-refractivity contribution in [2.24, 2.45) is 5.92 Å². The molecule has 3 heterocycles. The molecule has 2 aromatic rings. The van der Waals surface area contributed by atoms with Gasteiger partial charge in [-0.1, -0.05) is 0 Å². The Balaban J connectivity index is 1.49. The number of benzene rings is 1. The quantitative estimate of drug-likeness (QED) is 0.896. The van der Waals surface area contributed by atoms with Crippen LogP contribution in [0.15, 0.2) is 30.5 Å². The van der Waals surface area contributed by atoms with Crippen LogP contribution in [0.4, 0.5) is 0 Å². The number of aromatic amines is 1. The van der Waals surface area contributed by atoms with E-state index in [1.54, 1.807) is 0 Å². The molecule has 0 spiro atoms. The molecule has 25 heavy (non-hydrogen) atoms. The van der Waals surface area contributed by atoms with Crippen molar-refractivity contribution in [3.63, 3.8) is 0 Å². The van der Waals surface area contributed by atoms with E-state index in [9.17, 15) is 4.79 Å². The third-order valence-electron chi connectivity index (χ3n) is 5.28. The molecule has 2 fully saturated rings. The lowest BCUT2D eigenvalue weighted by molar-refractivity contribution is 0.0136. The molecule has 1 N–H and O–H groups in total. The average molecular weight is 343 g/mol. The summed E-state index contributed by atoms with van der Waals surface area (Å²) in [4.78, 5) is 20.3. The zero-order chi connectivity index (χ0) is 17.4. The lowest BCUT2D eigenvalue weighted by Crippen LogP contribution is -2.38. The minimum atomic E-state index is 0.0624. The number of carbonyl (C=O) groups excluding carboxylic acids is 1. The Morgan fingerprint density at radius 3 is 3.08 bits per heavy atom. The summed E-state index contributed by atoms with van der Waals surface area (Å²) in [6.45, 7) is 3.50. The summed E-state index contributed by atoms with van der Waals surface area (Å²) in [5.74, 6) is 0.351. The normalized spacial score (nSPS) is 25.9. The standard InChI is InChI=1S/C19H25N3O3/c1-21(2)7-8-25-18-10-22(17-12-24-11-15(17)18)19(23)14-3-4-16-13(9-14)5-6-20-16/h3-6,9,15,17-18,20H,7-8,10-12H2,1-2H3/t15-,17+,18-/m0/s1. The van der Waals surface area contributed by atoms with E-state index in [2.05, 4.69) is 9.88 Å². The van der Waals surface area contributed by atoms with E-state index in [4.69, 9.17) is 9.47 Å². The number of carbonyl (C=O) groups is 1. The van der Waals surface area contributed by atoms with Crippen LogP contribution >= 0.6 is 0 Å². The number of ether oxygens (including phenoxy) is 2. The van der Waals surface area contributed by atoms with Crippen LogP contribution in [0.1, 0.15) is 10.4 Å². The number of fused-ring (bicyclic) bond motifs is 2. The molecule has 2 aliphatic heterocycles. The molecule has 2 saturated heterocycles. The van der Waals surface area contributed by atoms with Crippen LogP contribution in [0.3, 0.4) is 0 Å². The van der Waals surface area contributed by atoms with Crippen molar-refractivity contribution in [1.82, 2.24) is 14.8 Å². The lowest BCUT2D eigenvalue weighted by Gasteiger charge is -2.22. The molecule has 4 rings (SSSR count). The summed E-state index contributed by atoms with van der Waals surface area (Å²) in [5.41, 5.74) is 1.77. The molecule has 1 aromatic heterocycles. The van der Waals surface area contributed by atoms with E-state index in [0.29, 0.717) is 26.4 Å². The van der Waals surface area contributed by atoms with Crippen LogP contribution in [0.2, 0.25) is 0 Å². The maximum absolute atomic E-state index is 13.1. The third kappa shape index (κ3) is 3.17. The van der Waals surface area contributed by atoms with E-state index in [-0.39, 0.29) is 24.0 Å². The average Bonchev–Trinajstić information content (AvgIpc) is 3.30. The van der Waals surface area contributed by atoms with Gasteiger partial charge in [-0.15, -0.1) is 0 Å². The second kappa shape index (κ2) is 6.78. The SMILES string of the molecule is CN(C)CCO[C@H]1CN(C(=O)c2ccc3[nH]ccc3c2)[C@@H]2COC[C@H]12. The van der Waals surface area contributed by atoms with Gasteiger partial charge in [0.1, 0.15) is 0 Å². The molecule has 3 atom stereocenters. The predicted octanol–water partition coefficient (Wildman–Crippen LogP) is 1.59. The highest BCUT2D eigenvalue weighted by Gasteiger charge is 2.48. The first kappa shape index (κ1) is 16.6. The number of amides is 1. The summed E-state index contributed by atoms with van der Waals surface area (Å²) in [6.07, 6.45) is 1.96. The smallest absolute Gasteiger partial charge is 0.254 e. The minimum absolute atomic E-state index is 0.0624. The maximum atomic E-state index is 13.1. The van der Waals surface area contributed by atoms with Gasteiger partial charge in [0.15, 0.2) is 0 Å². The Hall–Kier alpha value is -1.89. The third-order valence-corrected chi connectivity index (χ3v) is 5.28. The molecule has 2 aliphatic rings. The zero-order valence-corrected chi connectivity index (χ0v) is 14.8. The van der Waals surface area contributed by atoms with Gasteiger partial charge in [-0.2, -0.15) is 0 Å². The van der Waals surface area contributed by atoms with Crippen LogP contribution in [0.25, 0.3) is 10.9 Å². The van der Waals surface area contributed by atoms with E-state index >= 15 is 0 Å². The Morgan fingerprint density at radius 1 is 1.36 bits per heavy atom. The minimum Gasteiger partial charge on any atom is -0.379 e. The Bertz CT molecular complexity index is 757. The van der Waals surface area contributed by atoms with Gasteiger partial charge in [-0.05, 0) is 38.4 Å². The van der Waals surface area contributed by atoms with Crippen LogP contribution in [-0.2, 0) is 9.47 Å². The van der Waals surface area contributed by atoms with Gasteiger partial charge in [0, 0.05) is 41.7 Å². The monoisotopic (exact) mass is 343 g/mol. The number of nitrogens with zero attached hydrogens (tertiary/aromatic N) is 2. The molecule has 0 bridgehead atoms. The number of aromatic nitrogens is 1. The summed E-state index contributed by atoms with van der Waals surface area (Å²) >= 11 is 0. The van der Waals surface area contributed by atoms with E-state index in [0.717, 1.165) is 23.0 Å². The molecule has 0 unspecified atom stereocenters. The second-order valence-electron chi connectivity index (χ2n) is 7.22. The summed E-state index contributed by atoms with van der Waals surface area (Å²) < 4.78 is 11.7. The molecular formula is C19H25N3O3. The number of hydrogen-bond donors (Lipinski definition) is 1. The highest BCUT2D eigenvalue weighted by molar-refractivity contribution is 5.98. The molecular weight excluding hydrogens is 318 g/mol. The van der Waals surface area contributed by atoms with Crippen molar-refractivity contribution in [3.8, 4) is 0 Å². The Morgan fingerprint density at radius 2 is 2.24 bits per heavy atom. The molecule has 0 aliphatic carbocycles. The molecule has 6 nitrogen and oxygen atoms in total. The molecule has 6 heteroatoms. The molecule has 1 aromatic carbocycles. The number of likely N-dealkylation sites (N-methyl/N-ethyl adjacent to an activating group) is 1. The zero-order valence-electron chi connectivity index (χ0n) is 14.8. The van der Waals surface area contributed by atoms with E-state index in [1.165, 1.54) is 0 Å². The highest BCUT2D eigenvalue weighted by Crippen LogP contribution is 2.33. The molecule has 1 amide bonds. The number of nitrogens with one attached hydrogen (secondary N) is 1. The highest BCUT2D eigenvalue weighted by atomic mass is 16.5. The van der Waals surface area contributed by atoms with Gasteiger partial charge >= 0.3 is 0 Å². The van der Waals surface area contributed by atoms with Crippen LogP contribution in [0, 0.1) is 5.92 Å². The second-order valence-corrected chi connectivity index (χ2v) is 7.22. The first-order valence-corrected chi connectivity index (χ1v) is 8.85. The van der Waals surface area contributed by atoms with Crippen molar-refractivity contribution in [2.75, 3.05) is 47.0 Å².